The second-order valence-electron chi connectivity index (χ2n) is 7.33. The van der Waals surface area contributed by atoms with Gasteiger partial charge in [-0.1, -0.05) is 12.1 Å². The van der Waals surface area contributed by atoms with Crippen LogP contribution in [0.4, 0.5) is 0 Å². The van der Waals surface area contributed by atoms with Crippen LogP contribution in [0.15, 0.2) is 36.4 Å². The van der Waals surface area contributed by atoms with Crippen molar-refractivity contribution in [2.75, 3.05) is 13.1 Å². The lowest BCUT2D eigenvalue weighted by Crippen LogP contribution is -2.62. The highest BCUT2D eigenvalue weighted by Gasteiger charge is 2.40. The second kappa shape index (κ2) is 6.23. The SMILES string of the molecule is C[C@H]1[C@H](NC(=O)c2ccc(-c3cccc(O)c3)n2C)C2CCN1CC2. The van der Waals surface area contributed by atoms with Crippen molar-refractivity contribution in [2.24, 2.45) is 13.0 Å². The topological polar surface area (TPSA) is 57.5 Å². The fourth-order valence-electron chi connectivity index (χ4n) is 4.46. The number of carbonyl (C=O) groups excluding carboxylic acids is 1. The van der Waals surface area contributed by atoms with Crippen molar-refractivity contribution in [1.29, 1.82) is 0 Å². The number of phenols is 1. The first kappa shape index (κ1) is 16.2. The number of nitrogens with one attached hydrogen (secondary N) is 1. The number of hydrogen-bond acceptors (Lipinski definition) is 3. The van der Waals surface area contributed by atoms with E-state index in [4.69, 9.17) is 0 Å². The van der Waals surface area contributed by atoms with E-state index in [2.05, 4.69) is 17.1 Å². The van der Waals surface area contributed by atoms with E-state index in [1.807, 2.05) is 35.9 Å². The predicted molar refractivity (Wildman–Crippen MR) is 97.5 cm³/mol. The van der Waals surface area contributed by atoms with E-state index in [-0.39, 0.29) is 17.7 Å². The predicted octanol–water partition coefficient (Wildman–Crippen LogP) is 2.61. The number of benzene rings is 1. The summed E-state index contributed by atoms with van der Waals surface area (Å²) in [4.78, 5) is 15.3. The van der Waals surface area contributed by atoms with Crippen LogP contribution in [0.2, 0.25) is 0 Å². The van der Waals surface area contributed by atoms with Crippen LogP contribution in [-0.2, 0) is 7.05 Å². The summed E-state index contributed by atoms with van der Waals surface area (Å²) in [6.45, 7) is 4.54. The van der Waals surface area contributed by atoms with E-state index in [9.17, 15) is 9.90 Å². The van der Waals surface area contributed by atoms with Gasteiger partial charge in [-0.3, -0.25) is 9.69 Å². The van der Waals surface area contributed by atoms with Crippen molar-refractivity contribution in [2.45, 2.75) is 31.8 Å². The quantitative estimate of drug-likeness (QED) is 0.904. The van der Waals surface area contributed by atoms with E-state index >= 15 is 0 Å². The molecule has 2 atom stereocenters. The zero-order valence-corrected chi connectivity index (χ0v) is 14.8. The number of nitrogens with zero attached hydrogens (tertiary/aromatic N) is 2. The molecule has 25 heavy (non-hydrogen) atoms. The molecule has 0 aliphatic carbocycles. The van der Waals surface area contributed by atoms with E-state index < -0.39 is 0 Å². The van der Waals surface area contributed by atoms with Crippen LogP contribution in [0.3, 0.4) is 0 Å². The van der Waals surface area contributed by atoms with Crippen LogP contribution in [0.5, 0.6) is 5.75 Å². The molecule has 132 valence electrons. The molecule has 5 heteroatoms. The fraction of sp³-hybridized carbons (Fsp3) is 0.450. The van der Waals surface area contributed by atoms with E-state index in [1.54, 1.807) is 12.1 Å². The molecule has 4 heterocycles. The molecule has 3 aliphatic heterocycles. The minimum atomic E-state index is -0.0143. The number of piperidine rings is 3. The Labute approximate surface area is 148 Å². The number of phenolic OH excluding ortho intramolecular Hbond substituents is 1. The maximum atomic E-state index is 12.9. The van der Waals surface area contributed by atoms with Crippen LogP contribution in [-0.4, -0.2) is 45.7 Å². The zero-order chi connectivity index (χ0) is 17.6. The average molecular weight is 339 g/mol. The number of aromatic hydroxyl groups is 1. The van der Waals surface area contributed by atoms with Crippen molar-refractivity contribution >= 4 is 5.91 Å². The number of amides is 1. The first-order valence-corrected chi connectivity index (χ1v) is 9.04. The lowest BCUT2D eigenvalue weighted by atomic mass is 9.79. The van der Waals surface area contributed by atoms with Crippen LogP contribution in [0.1, 0.15) is 30.3 Å². The van der Waals surface area contributed by atoms with Gasteiger partial charge < -0.3 is 15.0 Å². The number of rotatable bonds is 3. The summed E-state index contributed by atoms with van der Waals surface area (Å²) in [5, 5.41) is 13.0. The standard InChI is InChI=1S/C20H25N3O2/c1-13-19(14-8-10-23(13)11-9-14)21-20(25)18-7-6-17(22(18)2)15-4-3-5-16(24)12-15/h3-7,12-14,19,24H,8-11H2,1-2H3,(H,21,25)/t13-,19-/m0/s1. The zero-order valence-electron chi connectivity index (χ0n) is 14.8. The monoisotopic (exact) mass is 339 g/mol. The van der Waals surface area contributed by atoms with Crippen molar-refractivity contribution in [1.82, 2.24) is 14.8 Å². The third kappa shape index (κ3) is 2.82. The summed E-state index contributed by atoms with van der Waals surface area (Å²) < 4.78 is 1.90. The van der Waals surface area contributed by atoms with Gasteiger partial charge in [-0.2, -0.15) is 0 Å². The summed E-state index contributed by atoms with van der Waals surface area (Å²) in [5.74, 6) is 0.806. The Hall–Kier alpha value is -2.27. The average Bonchev–Trinajstić information content (AvgIpc) is 3.00. The first-order valence-electron chi connectivity index (χ1n) is 9.04. The maximum Gasteiger partial charge on any atom is 0.268 e. The Morgan fingerprint density at radius 3 is 2.64 bits per heavy atom. The third-order valence-electron chi connectivity index (χ3n) is 5.97. The first-order chi connectivity index (χ1) is 12.0. The fourth-order valence-corrected chi connectivity index (χ4v) is 4.46. The minimum Gasteiger partial charge on any atom is -0.508 e. The number of hydrogen-bond donors (Lipinski definition) is 2. The van der Waals surface area contributed by atoms with Gasteiger partial charge in [0.05, 0.1) is 0 Å². The maximum absolute atomic E-state index is 12.9. The van der Waals surface area contributed by atoms with Crippen molar-refractivity contribution in [3.8, 4) is 17.0 Å². The molecule has 3 aliphatic rings. The molecular weight excluding hydrogens is 314 g/mol. The van der Waals surface area contributed by atoms with Crippen LogP contribution < -0.4 is 5.32 Å². The molecule has 0 saturated carbocycles. The summed E-state index contributed by atoms with van der Waals surface area (Å²) in [6.07, 6.45) is 2.36. The molecule has 5 nitrogen and oxygen atoms in total. The van der Waals surface area contributed by atoms with Gasteiger partial charge in [0.15, 0.2) is 0 Å². The van der Waals surface area contributed by atoms with Crippen molar-refractivity contribution < 1.29 is 9.90 Å². The van der Waals surface area contributed by atoms with Gasteiger partial charge in [-0.25, -0.2) is 0 Å². The number of carbonyl (C=O) groups is 1. The number of fused-ring (bicyclic) bond motifs is 3. The van der Waals surface area contributed by atoms with Crippen molar-refractivity contribution in [3.05, 3.63) is 42.1 Å². The molecule has 2 N–H and O–H groups in total. The van der Waals surface area contributed by atoms with E-state index in [1.165, 1.54) is 12.8 Å². The molecular formula is C20H25N3O2. The lowest BCUT2D eigenvalue weighted by molar-refractivity contribution is 0.0215. The van der Waals surface area contributed by atoms with E-state index in [0.29, 0.717) is 17.7 Å². The Kier molecular flexibility index (Phi) is 4.04. The van der Waals surface area contributed by atoms with Gasteiger partial charge in [0, 0.05) is 30.4 Å². The summed E-state index contributed by atoms with van der Waals surface area (Å²) in [6, 6.07) is 11.5. The molecule has 1 amide bonds. The highest BCUT2D eigenvalue weighted by molar-refractivity contribution is 5.94. The third-order valence-corrected chi connectivity index (χ3v) is 5.97. The van der Waals surface area contributed by atoms with Crippen LogP contribution in [0.25, 0.3) is 11.3 Å². The highest BCUT2D eigenvalue weighted by Crippen LogP contribution is 2.32. The molecule has 1 aromatic carbocycles. The minimum absolute atomic E-state index is 0.0143. The molecule has 3 saturated heterocycles. The largest absolute Gasteiger partial charge is 0.508 e. The summed E-state index contributed by atoms with van der Waals surface area (Å²) in [7, 11) is 1.90. The Bertz CT molecular complexity index is 788. The highest BCUT2D eigenvalue weighted by atomic mass is 16.3. The van der Waals surface area contributed by atoms with Gasteiger partial charge >= 0.3 is 0 Å². The van der Waals surface area contributed by atoms with Crippen LogP contribution in [0, 0.1) is 5.92 Å². The Balaban J connectivity index is 1.55. The van der Waals surface area contributed by atoms with Gasteiger partial charge in [0.2, 0.25) is 0 Å². The van der Waals surface area contributed by atoms with Gasteiger partial charge in [-0.15, -0.1) is 0 Å². The summed E-state index contributed by atoms with van der Waals surface area (Å²) >= 11 is 0. The lowest BCUT2D eigenvalue weighted by Gasteiger charge is -2.49. The smallest absolute Gasteiger partial charge is 0.268 e. The molecule has 2 bridgehead atoms. The van der Waals surface area contributed by atoms with E-state index in [0.717, 1.165) is 24.3 Å². The van der Waals surface area contributed by atoms with Gasteiger partial charge in [-0.05, 0) is 63.0 Å². The molecule has 2 aromatic rings. The molecule has 0 unspecified atom stereocenters. The number of aromatic nitrogens is 1. The summed E-state index contributed by atoms with van der Waals surface area (Å²) in [5.41, 5.74) is 2.47. The Morgan fingerprint density at radius 1 is 1.20 bits per heavy atom. The molecule has 0 radical (unpaired) electrons. The normalized spacial score (nSPS) is 28.1. The molecule has 3 fully saturated rings. The van der Waals surface area contributed by atoms with Crippen molar-refractivity contribution in [3.63, 3.8) is 0 Å². The molecule has 0 spiro atoms. The Morgan fingerprint density at radius 2 is 1.96 bits per heavy atom. The van der Waals surface area contributed by atoms with Gasteiger partial charge in [0.1, 0.15) is 11.4 Å². The van der Waals surface area contributed by atoms with Gasteiger partial charge in [0.25, 0.3) is 5.91 Å². The second-order valence-corrected chi connectivity index (χ2v) is 7.33. The van der Waals surface area contributed by atoms with Crippen LogP contribution >= 0.6 is 0 Å². The molecule has 5 rings (SSSR count). The molecule has 1 aromatic heterocycles.